The van der Waals surface area contributed by atoms with Crippen molar-refractivity contribution in [1.82, 2.24) is 20.4 Å². The lowest BCUT2D eigenvalue weighted by Gasteiger charge is -2.10. The van der Waals surface area contributed by atoms with E-state index in [-0.39, 0.29) is 37.7 Å². The van der Waals surface area contributed by atoms with Gasteiger partial charge in [0.05, 0.1) is 30.0 Å². The third kappa shape index (κ3) is 5.97. The molecule has 0 spiro atoms. The molecule has 2 N–H and O–H groups in total. The fraction of sp³-hybridized carbons (Fsp3) is 0.421. The molecule has 0 aliphatic heterocycles. The molecule has 0 atom stereocenters. The Morgan fingerprint density at radius 1 is 1.17 bits per heavy atom. The van der Waals surface area contributed by atoms with Crippen molar-refractivity contribution < 1.29 is 27.5 Å². The summed E-state index contributed by atoms with van der Waals surface area (Å²) < 4.78 is 45.0. The van der Waals surface area contributed by atoms with Gasteiger partial charge >= 0.3 is 12.3 Å². The van der Waals surface area contributed by atoms with E-state index in [9.17, 15) is 22.8 Å². The minimum Gasteiger partial charge on any atom is -0.450 e. The maximum atomic E-state index is 13.0. The summed E-state index contributed by atoms with van der Waals surface area (Å²) in [4.78, 5) is 23.3. The smallest absolute Gasteiger partial charge is 0.416 e. The molecule has 0 aliphatic rings. The van der Waals surface area contributed by atoms with E-state index in [4.69, 9.17) is 4.74 Å². The lowest BCUT2D eigenvalue weighted by atomic mass is 10.1. The van der Waals surface area contributed by atoms with Crippen LogP contribution in [0.3, 0.4) is 0 Å². The Balaban J connectivity index is 2.04. The molecule has 29 heavy (non-hydrogen) atoms. The molecule has 1 heterocycles. The Morgan fingerprint density at radius 3 is 2.52 bits per heavy atom. The van der Waals surface area contributed by atoms with Crippen molar-refractivity contribution in [2.75, 3.05) is 19.7 Å². The molecule has 0 saturated heterocycles. The molecular weight excluding hydrogens is 389 g/mol. The number of carbonyl (C=O) groups excluding carboxylic acids is 2. The number of aromatic nitrogens is 2. The zero-order valence-corrected chi connectivity index (χ0v) is 16.4. The Bertz CT molecular complexity index is 878. The minimum atomic E-state index is -4.45. The third-order valence-electron chi connectivity index (χ3n) is 4.19. The summed E-state index contributed by atoms with van der Waals surface area (Å²) in [6.45, 7) is 5.77. The first kappa shape index (κ1) is 22.3. The highest BCUT2D eigenvalue weighted by atomic mass is 19.4. The quantitative estimate of drug-likeness (QED) is 0.685. The number of nitrogens with one attached hydrogen (secondary N) is 2. The molecular formula is C19H23F3N4O3. The molecule has 1 aromatic carbocycles. The number of carbonyl (C=O) groups is 2. The monoisotopic (exact) mass is 412 g/mol. The van der Waals surface area contributed by atoms with E-state index in [1.807, 2.05) is 0 Å². The predicted molar refractivity (Wildman–Crippen MR) is 99.8 cm³/mol. The molecule has 0 unspecified atom stereocenters. The van der Waals surface area contributed by atoms with Gasteiger partial charge in [-0.2, -0.15) is 18.3 Å². The summed E-state index contributed by atoms with van der Waals surface area (Å²) >= 11 is 0. The molecule has 158 valence electrons. The van der Waals surface area contributed by atoms with E-state index < -0.39 is 17.8 Å². The van der Waals surface area contributed by atoms with Crippen molar-refractivity contribution >= 4 is 12.0 Å². The van der Waals surface area contributed by atoms with Gasteiger partial charge in [0.1, 0.15) is 0 Å². The average Bonchev–Trinajstić information content (AvgIpc) is 2.93. The summed E-state index contributed by atoms with van der Waals surface area (Å²) in [7, 11) is 0. The van der Waals surface area contributed by atoms with Crippen LogP contribution in [0, 0.1) is 13.8 Å². The van der Waals surface area contributed by atoms with Crippen LogP contribution in [0.15, 0.2) is 24.3 Å². The number of alkyl carbamates (subject to hydrolysis) is 1. The van der Waals surface area contributed by atoms with Crippen molar-refractivity contribution in [2.45, 2.75) is 33.4 Å². The number of amides is 2. The summed E-state index contributed by atoms with van der Waals surface area (Å²) in [5.74, 6) is -0.287. The van der Waals surface area contributed by atoms with Crippen LogP contribution >= 0.6 is 0 Å². The van der Waals surface area contributed by atoms with E-state index in [2.05, 4.69) is 15.7 Å². The number of rotatable bonds is 7. The van der Waals surface area contributed by atoms with E-state index in [0.29, 0.717) is 17.0 Å². The SMILES string of the molecule is CCOC(=O)NCCNC(=O)Cc1c(C)nn(-c2cccc(C(F)(F)F)c2)c1C. The maximum absolute atomic E-state index is 13.0. The summed E-state index contributed by atoms with van der Waals surface area (Å²) in [6, 6.07) is 4.86. The zero-order chi connectivity index (χ0) is 21.6. The van der Waals surface area contributed by atoms with Crippen LogP contribution in [-0.2, 0) is 22.1 Å². The normalized spacial score (nSPS) is 11.2. The van der Waals surface area contributed by atoms with Crippen molar-refractivity contribution in [2.24, 2.45) is 0 Å². The van der Waals surface area contributed by atoms with E-state index in [1.54, 1.807) is 20.8 Å². The first-order valence-electron chi connectivity index (χ1n) is 9.03. The molecule has 0 radical (unpaired) electrons. The van der Waals surface area contributed by atoms with E-state index in [0.717, 1.165) is 12.1 Å². The first-order valence-corrected chi connectivity index (χ1v) is 9.03. The number of alkyl halides is 3. The fourth-order valence-corrected chi connectivity index (χ4v) is 2.77. The minimum absolute atomic E-state index is 0.0238. The molecule has 2 rings (SSSR count). The largest absolute Gasteiger partial charge is 0.450 e. The first-order chi connectivity index (χ1) is 13.6. The molecule has 0 aliphatic carbocycles. The van der Waals surface area contributed by atoms with Gasteiger partial charge in [0.25, 0.3) is 0 Å². The third-order valence-corrected chi connectivity index (χ3v) is 4.19. The van der Waals surface area contributed by atoms with Crippen molar-refractivity contribution in [3.8, 4) is 5.69 Å². The van der Waals surface area contributed by atoms with Crippen LogP contribution in [0.1, 0.15) is 29.4 Å². The van der Waals surface area contributed by atoms with Crippen molar-refractivity contribution in [3.63, 3.8) is 0 Å². The van der Waals surface area contributed by atoms with Gasteiger partial charge in [0.15, 0.2) is 0 Å². The van der Waals surface area contributed by atoms with Gasteiger partial charge < -0.3 is 15.4 Å². The number of hydrogen-bond acceptors (Lipinski definition) is 4. The number of ether oxygens (including phenoxy) is 1. The van der Waals surface area contributed by atoms with E-state index in [1.165, 1.54) is 16.8 Å². The molecule has 2 aromatic rings. The number of benzene rings is 1. The second-order valence-electron chi connectivity index (χ2n) is 6.28. The highest BCUT2D eigenvalue weighted by Gasteiger charge is 2.30. The number of aryl methyl sites for hydroxylation is 1. The molecule has 1 aromatic heterocycles. The van der Waals surface area contributed by atoms with Gasteiger partial charge in [-0.05, 0) is 39.0 Å². The van der Waals surface area contributed by atoms with Gasteiger partial charge in [-0.3, -0.25) is 4.79 Å². The summed E-state index contributed by atoms with van der Waals surface area (Å²) in [5, 5.41) is 9.44. The highest BCUT2D eigenvalue weighted by molar-refractivity contribution is 5.79. The Kier molecular flexibility index (Phi) is 7.24. The summed E-state index contributed by atoms with van der Waals surface area (Å²) in [6.07, 6.45) is -4.99. The second-order valence-corrected chi connectivity index (χ2v) is 6.28. The Labute approximate surface area is 166 Å². The molecule has 7 nitrogen and oxygen atoms in total. The van der Waals surface area contributed by atoms with Gasteiger partial charge in [-0.1, -0.05) is 6.07 Å². The molecule has 0 saturated carbocycles. The van der Waals surface area contributed by atoms with Crippen LogP contribution in [0.25, 0.3) is 5.69 Å². The molecule has 0 fully saturated rings. The number of nitrogens with zero attached hydrogens (tertiary/aromatic N) is 2. The Morgan fingerprint density at radius 2 is 1.86 bits per heavy atom. The Hall–Kier alpha value is -3.04. The highest BCUT2D eigenvalue weighted by Crippen LogP contribution is 2.30. The average molecular weight is 412 g/mol. The molecule has 2 amide bonds. The topological polar surface area (TPSA) is 85.2 Å². The van der Waals surface area contributed by atoms with E-state index >= 15 is 0 Å². The van der Waals surface area contributed by atoms with Gasteiger partial charge in [0, 0.05) is 24.3 Å². The molecule has 10 heteroatoms. The van der Waals surface area contributed by atoms with Crippen molar-refractivity contribution in [1.29, 1.82) is 0 Å². The molecule has 0 bridgehead atoms. The second kappa shape index (κ2) is 9.44. The van der Waals surface area contributed by atoms with Crippen LogP contribution in [0.5, 0.6) is 0 Å². The van der Waals surface area contributed by atoms with Gasteiger partial charge in [0.2, 0.25) is 5.91 Å². The van der Waals surface area contributed by atoms with Gasteiger partial charge in [-0.25, -0.2) is 9.48 Å². The standard InChI is InChI=1S/C19H23F3N4O3/c1-4-29-18(28)24-9-8-23-17(27)11-16-12(2)25-26(13(16)3)15-7-5-6-14(10-15)19(20,21)22/h5-7,10H,4,8-9,11H2,1-3H3,(H,23,27)(H,24,28). The van der Waals surface area contributed by atoms with Gasteiger partial charge in [-0.15, -0.1) is 0 Å². The maximum Gasteiger partial charge on any atom is 0.416 e. The lowest BCUT2D eigenvalue weighted by molar-refractivity contribution is -0.137. The lowest BCUT2D eigenvalue weighted by Crippen LogP contribution is -2.35. The number of halogens is 3. The van der Waals surface area contributed by atoms with Crippen LogP contribution in [0.4, 0.5) is 18.0 Å². The van der Waals surface area contributed by atoms with Crippen LogP contribution in [-0.4, -0.2) is 41.5 Å². The zero-order valence-electron chi connectivity index (χ0n) is 16.4. The summed E-state index contributed by atoms with van der Waals surface area (Å²) in [5.41, 5.74) is 1.28. The number of hydrogen-bond donors (Lipinski definition) is 2. The van der Waals surface area contributed by atoms with Crippen molar-refractivity contribution in [3.05, 3.63) is 46.8 Å². The predicted octanol–water partition coefficient (Wildman–Crippen LogP) is 2.91. The fourth-order valence-electron chi connectivity index (χ4n) is 2.77. The van der Waals surface area contributed by atoms with Crippen LogP contribution < -0.4 is 10.6 Å². The van der Waals surface area contributed by atoms with Crippen LogP contribution in [0.2, 0.25) is 0 Å².